The maximum absolute atomic E-state index is 12.1. The van der Waals surface area contributed by atoms with Crippen molar-refractivity contribution >= 4 is 23.6 Å². The van der Waals surface area contributed by atoms with E-state index in [2.05, 4.69) is 17.2 Å². The van der Waals surface area contributed by atoms with Gasteiger partial charge in [0.25, 0.3) is 5.91 Å². The molecule has 0 aliphatic heterocycles. The lowest BCUT2D eigenvalue weighted by Crippen LogP contribution is -2.18. The zero-order valence-corrected chi connectivity index (χ0v) is 15.3. The Labute approximate surface area is 158 Å². The van der Waals surface area contributed by atoms with Gasteiger partial charge in [-0.2, -0.15) is 0 Å². The first kappa shape index (κ1) is 19.8. The third-order valence-electron chi connectivity index (χ3n) is 3.59. The number of benzene rings is 2. The Hall–Kier alpha value is -3.54. The highest BCUT2D eigenvalue weighted by Gasteiger charge is 2.06. The molecule has 0 heterocycles. The van der Waals surface area contributed by atoms with Crippen LogP contribution in [0.4, 0.5) is 5.69 Å². The fourth-order valence-electron chi connectivity index (χ4n) is 2.29. The third kappa shape index (κ3) is 5.74. The van der Waals surface area contributed by atoms with Gasteiger partial charge in [-0.05, 0) is 42.0 Å². The molecule has 0 atom stereocenters. The first-order valence-corrected chi connectivity index (χ1v) is 8.30. The molecule has 27 heavy (non-hydrogen) atoms. The molecule has 0 fully saturated rings. The topological polar surface area (TPSA) is 76.7 Å². The lowest BCUT2D eigenvalue weighted by molar-refractivity contribution is -0.111. The number of methoxy groups -OCH3 is 1. The summed E-state index contributed by atoms with van der Waals surface area (Å²) in [7, 11) is 3.11. The fraction of sp³-hybridized carbons (Fsp3) is 0.143. The molecule has 6 nitrogen and oxygen atoms in total. The summed E-state index contributed by atoms with van der Waals surface area (Å²) in [5, 5.41) is 5.27. The van der Waals surface area contributed by atoms with Crippen LogP contribution in [0.15, 0.2) is 61.2 Å². The summed E-state index contributed by atoms with van der Waals surface area (Å²) in [5.74, 6) is 0.644. The summed E-state index contributed by atoms with van der Waals surface area (Å²) in [4.78, 5) is 23.8. The van der Waals surface area contributed by atoms with Gasteiger partial charge in [0.2, 0.25) is 5.91 Å². The lowest BCUT2D eigenvalue weighted by atomic mass is 10.1. The van der Waals surface area contributed by atoms with E-state index in [0.29, 0.717) is 29.4 Å². The minimum atomic E-state index is -0.310. The molecule has 2 amide bonds. The number of carbonyl (C=O) groups excluding carboxylic acids is 2. The summed E-state index contributed by atoms with van der Waals surface area (Å²) in [5.41, 5.74) is 1.79. The van der Waals surface area contributed by atoms with Crippen LogP contribution >= 0.6 is 0 Å². The fourth-order valence-corrected chi connectivity index (χ4v) is 2.29. The second kappa shape index (κ2) is 9.82. The van der Waals surface area contributed by atoms with Gasteiger partial charge in [-0.15, -0.1) is 0 Å². The normalized spacial score (nSPS) is 10.3. The number of carbonyl (C=O) groups is 2. The van der Waals surface area contributed by atoms with Crippen LogP contribution in [0.2, 0.25) is 0 Å². The molecule has 2 aromatic rings. The van der Waals surface area contributed by atoms with E-state index < -0.39 is 0 Å². The van der Waals surface area contributed by atoms with Crippen molar-refractivity contribution in [2.45, 2.75) is 0 Å². The van der Waals surface area contributed by atoms with E-state index in [0.717, 1.165) is 5.56 Å². The number of nitrogens with one attached hydrogen (secondary N) is 2. The Bertz CT molecular complexity index is 859. The first-order valence-electron chi connectivity index (χ1n) is 8.30. The summed E-state index contributed by atoms with van der Waals surface area (Å²) in [6.07, 6.45) is 4.72. The zero-order valence-electron chi connectivity index (χ0n) is 15.3. The van der Waals surface area contributed by atoms with Crippen LogP contribution in [0, 0.1) is 0 Å². The molecule has 0 bridgehead atoms. The number of rotatable bonds is 8. The first-order chi connectivity index (χ1) is 13.1. The van der Waals surface area contributed by atoms with E-state index in [4.69, 9.17) is 9.47 Å². The maximum atomic E-state index is 12.1. The Kier molecular flexibility index (Phi) is 7.19. The third-order valence-corrected chi connectivity index (χ3v) is 3.59. The maximum Gasteiger partial charge on any atom is 0.251 e. The summed E-state index contributed by atoms with van der Waals surface area (Å²) >= 11 is 0. The molecule has 0 radical (unpaired) electrons. The number of ether oxygens (including phenoxy) is 2. The molecule has 2 rings (SSSR count). The van der Waals surface area contributed by atoms with Gasteiger partial charge < -0.3 is 20.1 Å². The van der Waals surface area contributed by atoms with Crippen molar-refractivity contribution in [1.29, 1.82) is 0 Å². The van der Waals surface area contributed by atoms with Crippen molar-refractivity contribution in [3.63, 3.8) is 0 Å². The predicted octanol–water partition coefficient (Wildman–Crippen LogP) is 3.27. The molecule has 0 unspecified atom stereocenters. The van der Waals surface area contributed by atoms with Crippen LogP contribution in [-0.2, 0) is 4.79 Å². The van der Waals surface area contributed by atoms with Gasteiger partial charge in [-0.1, -0.05) is 24.8 Å². The van der Waals surface area contributed by atoms with Gasteiger partial charge in [0, 0.05) is 24.4 Å². The Balaban J connectivity index is 2.06. The Morgan fingerprint density at radius 1 is 1.15 bits per heavy atom. The van der Waals surface area contributed by atoms with E-state index in [1.54, 1.807) is 62.7 Å². The molecule has 0 spiro atoms. The van der Waals surface area contributed by atoms with Gasteiger partial charge in [0.1, 0.15) is 6.61 Å². The van der Waals surface area contributed by atoms with Gasteiger partial charge in [0.15, 0.2) is 11.5 Å². The molecule has 0 aliphatic carbocycles. The SMILES string of the molecule is C=CCOc1ccc(/C=C/C(=O)Nc2cccc(C(=O)NC)c2)cc1OC. The number of anilines is 1. The van der Waals surface area contributed by atoms with Gasteiger partial charge >= 0.3 is 0 Å². The van der Waals surface area contributed by atoms with Crippen LogP contribution in [0.3, 0.4) is 0 Å². The van der Waals surface area contributed by atoms with Crippen LogP contribution in [0.1, 0.15) is 15.9 Å². The molecule has 0 aromatic heterocycles. The van der Waals surface area contributed by atoms with Crippen molar-refractivity contribution in [2.24, 2.45) is 0 Å². The number of hydrogen-bond donors (Lipinski definition) is 2. The predicted molar refractivity (Wildman–Crippen MR) is 106 cm³/mol. The van der Waals surface area contributed by atoms with E-state index >= 15 is 0 Å². The highest BCUT2D eigenvalue weighted by atomic mass is 16.5. The second-order valence-corrected chi connectivity index (χ2v) is 5.49. The van der Waals surface area contributed by atoms with E-state index in [1.165, 1.54) is 6.08 Å². The summed E-state index contributed by atoms with van der Waals surface area (Å²) in [6, 6.07) is 12.1. The van der Waals surface area contributed by atoms with Crippen LogP contribution in [0.5, 0.6) is 11.5 Å². The molecule has 2 aromatic carbocycles. The molecular weight excluding hydrogens is 344 g/mol. The van der Waals surface area contributed by atoms with E-state index in [1.807, 2.05) is 6.07 Å². The van der Waals surface area contributed by atoms with Gasteiger partial charge in [-0.3, -0.25) is 9.59 Å². The molecule has 0 saturated heterocycles. The standard InChI is InChI=1S/C21H22N2O4/c1-4-12-27-18-10-8-15(13-19(18)26-3)9-11-20(24)23-17-7-5-6-16(14-17)21(25)22-2/h4-11,13-14H,1,12H2,2-3H3,(H,22,25)(H,23,24)/b11-9+. The second-order valence-electron chi connectivity index (χ2n) is 5.49. The smallest absolute Gasteiger partial charge is 0.251 e. The average Bonchev–Trinajstić information content (AvgIpc) is 2.70. The van der Waals surface area contributed by atoms with Gasteiger partial charge in [-0.25, -0.2) is 0 Å². The summed E-state index contributed by atoms with van der Waals surface area (Å²) < 4.78 is 10.8. The largest absolute Gasteiger partial charge is 0.493 e. The molecule has 0 aliphatic rings. The zero-order chi connectivity index (χ0) is 19.6. The minimum absolute atomic E-state index is 0.215. The highest BCUT2D eigenvalue weighted by molar-refractivity contribution is 6.03. The van der Waals surface area contributed by atoms with Crippen molar-refractivity contribution < 1.29 is 19.1 Å². The lowest BCUT2D eigenvalue weighted by Gasteiger charge is -2.09. The van der Waals surface area contributed by atoms with E-state index in [9.17, 15) is 9.59 Å². The van der Waals surface area contributed by atoms with Crippen molar-refractivity contribution in [3.8, 4) is 11.5 Å². The van der Waals surface area contributed by atoms with Crippen molar-refractivity contribution in [2.75, 3.05) is 26.1 Å². The average molecular weight is 366 g/mol. The molecule has 2 N–H and O–H groups in total. The highest BCUT2D eigenvalue weighted by Crippen LogP contribution is 2.28. The molecule has 0 saturated carbocycles. The van der Waals surface area contributed by atoms with Crippen molar-refractivity contribution in [3.05, 3.63) is 72.3 Å². The van der Waals surface area contributed by atoms with Crippen LogP contribution in [-0.4, -0.2) is 32.6 Å². The quantitative estimate of drug-likeness (QED) is 0.555. The van der Waals surface area contributed by atoms with E-state index in [-0.39, 0.29) is 11.8 Å². The molecular formula is C21H22N2O4. The number of hydrogen-bond acceptors (Lipinski definition) is 4. The van der Waals surface area contributed by atoms with Crippen LogP contribution < -0.4 is 20.1 Å². The van der Waals surface area contributed by atoms with Crippen LogP contribution in [0.25, 0.3) is 6.08 Å². The minimum Gasteiger partial charge on any atom is -0.493 e. The molecule has 6 heteroatoms. The van der Waals surface area contributed by atoms with Gasteiger partial charge in [0.05, 0.1) is 7.11 Å². The molecule has 140 valence electrons. The summed E-state index contributed by atoms with van der Waals surface area (Å²) in [6.45, 7) is 3.99. The Morgan fingerprint density at radius 2 is 1.96 bits per heavy atom. The number of amides is 2. The Morgan fingerprint density at radius 3 is 2.67 bits per heavy atom. The monoisotopic (exact) mass is 366 g/mol. The van der Waals surface area contributed by atoms with Crippen molar-refractivity contribution in [1.82, 2.24) is 5.32 Å².